The van der Waals surface area contributed by atoms with E-state index in [9.17, 15) is 5.11 Å². The largest absolute Gasteiger partial charge is 0.390 e. The average Bonchev–Trinajstić information content (AvgIpc) is 2.58. The summed E-state index contributed by atoms with van der Waals surface area (Å²) in [6.07, 6.45) is 2.28. The number of aromatic nitrogens is 2. The zero-order chi connectivity index (χ0) is 11.5. The van der Waals surface area contributed by atoms with Crippen molar-refractivity contribution >= 4 is 0 Å². The number of rotatable bonds is 5. The Labute approximate surface area is 92.1 Å². The highest BCUT2D eigenvalue weighted by atomic mass is 16.3. The minimum Gasteiger partial charge on any atom is -0.390 e. The highest BCUT2D eigenvalue weighted by molar-refractivity contribution is 5.11. The summed E-state index contributed by atoms with van der Waals surface area (Å²) in [5, 5.41) is 14.7. The molecule has 1 aromatic rings. The standard InChI is InChI=1S/C12H22N2O/c1-5-12(15,6-2)9-11-8-10(4)13-14(11)7-3/h8,15H,5-7,9H2,1-4H3. The van der Waals surface area contributed by atoms with Crippen LogP contribution in [0, 0.1) is 6.92 Å². The average molecular weight is 210 g/mol. The maximum atomic E-state index is 10.3. The molecule has 86 valence electrons. The monoisotopic (exact) mass is 210 g/mol. The van der Waals surface area contributed by atoms with E-state index in [1.807, 2.05) is 25.5 Å². The fraction of sp³-hybridized carbons (Fsp3) is 0.750. The first-order chi connectivity index (χ1) is 7.04. The molecular formula is C12H22N2O. The highest BCUT2D eigenvalue weighted by Crippen LogP contribution is 2.21. The second-order valence-corrected chi connectivity index (χ2v) is 4.20. The predicted octanol–water partition coefficient (Wildman–Crippen LogP) is 2.31. The topological polar surface area (TPSA) is 38.0 Å². The van der Waals surface area contributed by atoms with Crippen molar-refractivity contribution in [3.63, 3.8) is 0 Å². The van der Waals surface area contributed by atoms with Gasteiger partial charge in [0.1, 0.15) is 0 Å². The molecule has 0 aliphatic rings. The maximum absolute atomic E-state index is 10.3. The summed E-state index contributed by atoms with van der Waals surface area (Å²) in [7, 11) is 0. The molecule has 0 aromatic carbocycles. The van der Waals surface area contributed by atoms with E-state index >= 15 is 0 Å². The molecule has 0 bridgehead atoms. The number of nitrogens with zero attached hydrogens (tertiary/aromatic N) is 2. The summed E-state index contributed by atoms with van der Waals surface area (Å²) < 4.78 is 1.98. The molecule has 1 heterocycles. The molecule has 1 rings (SSSR count). The van der Waals surface area contributed by atoms with Gasteiger partial charge in [-0.25, -0.2) is 0 Å². The number of hydrogen-bond acceptors (Lipinski definition) is 2. The molecule has 0 atom stereocenters. The fourth-order valence-electron chi connectivity index (χ4n) is 1.85. The summed E-state index contributed by atoms with van der Waals surface area (Å²) in [6.45, 7) is 9.00. The molecule has 1 aromatic heterocycles. The molecule has 0 fully saturated rings. The van der Waals surface area contributed by atoms with E-state index in [4.69, 9.17) is 0 Å². The Morgan fingerprint density at radius 3 is 2.40 bits per heavy atom. The molecule has 15 heavy (non-hydrogen) atoms. The molecule has 3 nitrogen and oxygen atoms in total. The van der Waals surface area contributed by atoms with Gasteiger partial charge in [0.2, 0.25) is 0 Å². The molecule has 3 heteroatoms. The summed E-state index contributed by atoms with van der Waals surface area (Å²) in [4.78, 5) is 0. The molecule has 1 N–H and O–H groups in total. The van der Waals surface area contributed by atoms with Crippen molar-refractivity contribution in [2.75, 3.05) is 0 Å². The lowest BCUT2D eigenvalue weighted by atomic mass is 9.92. The van der Waals surface area contributed by atoms with Crippen LogP contribution in [0.25, 0.3) is 0 Å². The van der Waals surface area contributed by atoms with E-state index < -0.39 is 5.60 Å². The van der Waals surface area contributed by atoms with E-state index in [0.717, 1.165) is 30.8 Å². The zero-order valence-corrected chi connectivity index (χ0v) is 10.2. The molecule has 0 aliphatic heterocycles. The van der Waals surface area contributed by atoms with Crippen LogP contribution in [0.5, 0.6) is 0 Å². The van der Waals surface area contributed by atoms with E-state index in [-0.39, 0.29) is 0 Å². The lowest BCUT2D eigenvalue weighted by molar-refractivity contribution is 0.0307. The zero-order valence-electron chi connectivity index (χ0n) is 10.2. The van der Waals surface area contributed by atoms with Gasteiger partial charge in [-0.05, 0) is 32.8 Å². The van der Waals surface area contributed by atoms with Gasteiger partial charge in [-0.15, -0.1) is 0 Å². The van der Waals surface area contributed by atoms with Crippen molar-refractivity contribution in [2.24, 2.45) is 0 Å². The van der Waals surface area contributed by atoms with Crippen LogP contribution in [0.4, 0.5) is 0 Å². The van der Waals surface area contributed by atoms with Crippen LogP contribution in [0.2, 0.25) is 0 Å². The number of aliphatic hydroxyl groups is 1. The Hall–Kier alpha value is -0.830. The van der Waals surface area contributed by atoms with Crippen molar-refractivity contribution in [1.29, 1.82) is 0 Å². The minimum atomic E-state index is -0.570. The molecule has 0 unspecified atom stereocenters. The van der Waals surface area contributed by atoms with E-state index in [2.05, 4.69) is 18.1 Å². The van der Waals surface area contributed by atoms with E-state index in [0.29, 0.717) is 6.42 Å². The van der Waals surface area contributed by atoms with Crippen molar-refractivity contribution in [3.05, 3.63) is 17.5 Å². The fourth-order valence-corrected chi connectivity index (χ4v) is 1.85. The van der Waals surface area contributed by atoms with Gasteiger partial charge < -0.3 is 5.11 Å². The second kappa shape index (κ2) is 4.79. The number of hydrogen-bond donors (Lipinski definition) is 1. The lowest BCUT2D eigenvalue weighted by Gasteiger charge is -2.25. The van der Waals surface area contributed by atoms with Gasteiger partial charge in [-0.3, -0.25) is 4.68 Å². The Morgan fingerprint density at radius 1 is 1.33 bits per heavy atom. The van der Waals surface area contributed by atoms with E-state index in [1.54, 1.807) is 0 Å². The molecule has 0 spiro atoms. The smallest absolute Gasteiger partial charge is 0.0697 e. The molecule has 0 saturated carbocycles. The second-order valence-electron chi connectivity index (χ2n) is 4.20. The van der Waals surface area contributed by atoms with Crippen molar-refractivity contribution in [1.82, 2.24) is 9.78 Å². The Bertz CT molecular complexity index is 313. The molecular weight excluding hydrogens is 188 g/mol. The van der Waals surface area contributed by atoms with Crippen molar-refractivity contribution < 1.29 is 5.11 Å². The van der Waals surface area contributed by atoms with Gasteiger partial charge >= 0.3 is 0 Å². The van der Waals surface area contributed by atoms with Gasteiger partial charge in [-0.1, -0.05) is 13.8 Å². The van der Waals surface area contributed by atoms with Crippen molar-refractivity contribution in [3.8, 4) is 0 Å². The summed E-state index contributed by atoms with van der Waals surface area (Å²) in [5.41, 5.74) is 1.60. The first-order valence-corrected chi connectivity index (χ1v) is 5.80. The quantitative estimate of drug-likeness (QED) is 0.810. The first-order valence-electron chi connectivity index (χ1n) is 5.80. The molecule has 0 radical (unpaired) electrons. The van der Waals surface area contributed by atoms with Crippen LogP contribution in [0.15, 0.2) is 6.07 Å². The third-order valence-electron chi connectivity index (χ3n) is 3.11. The van der Waals surface area contributed by atoms with Gasteiger partial charge in [0, 0.05) is 18.7 Å². The van der Waals surface area contributed by atoms with Gasteiger partial charge in [0.05, 0.1) is 11.3 Å². The highest BCUT2D eigenvalue weighted by Gasteiger charge is 2.24. The van der Waals surface area contributed by atoms with Crippen LogP contribution in [0.3, 0.4) is 0 Å². The first kappa shape index (κ1) is 12.2. The van der Waals surface area contributed by atoms with Crippen LogP contribution >= 0.6 is 0 Å². The Kier molecular flexibility index (Phi) is 3.91. The SMILES string of the molecule is CCn1nc(C)cc1CC(O)(CC)CC. The predicted molar refractivity (Wildman–Crippen MR) is 61.9 cm³/mol. The minimum absolute atomic E-state index is 0.570. The van der Waals surface area contributed by atoms with Crippen LogP contribution in [0.1, 0.15) is 45.0 Å². The normalized spacial score (nSPS) is 12.1. The summed E-state index contributed by atoms with van der Waals surface area (Å²) in [6, 6.07) is 2.07. The number of aryl methyl sites for hydroxylation is 2. The van der Waals surface area contributed by atoms with E-state index in [1.165, 1.54) is 0 Å². The Morgan fingerprint density at radius 2 is 1.93 bits per heavy atom. The molecule has 0 aliphatic carbocycles. The lowest BCUT2D eigenvalue weighted by Crippen LogP contribution is -2.30. The van der Waals surface area contributed by atoms with Crippen LogP contribution in [-0.2, 0) is 13.0 Å². The molecule has 0 saturated heterocycles. The summed E-state index contributed by atoms with van der Waals surface area (Å²) in [5.74, 6) is 0. The van der Waals surface area contributed by atoms with Gasteiger partial charge in [0.25, 0.3) is 0 Å². The third-order valence-corrected chi connectivity index (χ3v) is 3.11. The van der Waals surface area contributed by atoms with Crippen LogP contribution < -0.4 is 0 Å². The third kappa shape index (κ3) is 2.81. The van der Waals surface area contributed by atoms with Crippen LogP contribution in [-0.4, -0.2) is 20.5 Å². The van der Waals surface area contributed by atoms with Crippen molar-refractivity contribution in [2.45, 2.75) is 59.1 Å². The van der Waals surface area contributed by atoms with Gasteiger partial charge in [-0.2, -0.15) is 5.10 Å². The summed E-state index contributed by atoms with van der Waals surface area (Å²) >= 11 is 0. The Balaban J connectivity index is 2.87. The molecule has 0 amide bonds. The maximum Gasteiger partial charge on any atom is 0.0697 e. The van der Waals surface area contributed by atoms with Gasteiger partial charge in [0.15, 0.2) is 0 Å².